The number of hydrogen-bond acceptors (Lipinski definition) is 4. The molecule has 1 aliphatic rings. The van der Waals surface area contributed by atoms with E-state index in [2.05, 4.69) is 15.0 Å². The number of halogens is 4. The second-order valence-corrected chi connectivity index (χ2v) is 6.85. The zero-order valence-corrected chi connectivity index (χ0v) is 14.8. The molecule has 1 aliphatic carbocycles. The Morgan fingerprint density at radius 1 is 0.964 bits per heavy atom. The first-order valence-corrected chi connectivity index (χ1v) is 8.87. The summed E-state index contributed by atoms with van der Waals surface area (Å²) in [5.74, 6) is 0.366. The standard InChI is InChI=1S/C20H17F4N3O/c21-16-7-1-13(2-8-16)11-27(17-9-10-17)12-18-25-19(26-28-18)14-3-5-15(6-4-14)20(22,23)24/h1-8,17H,9-12H2. The number of alkyl halides is 3. The van der Waals surface area contributed by atoms with Crippen molar-refractivity contribution >= 4 is 0 Å². The fourth-order valence-electron chi connectivity index (χ4n) is 3.00. The van der Waals surface area contributed by atoms with E-state index >= 15 is 0 Å². The normalized spacial score (nSPS) is 14.6. The third-order valence-electron chi connectivity index (χ3n) is 4.64. The Morgan fingerprint density at radius 2 is 1.64 bits per heavy atom. The van der Waals surface area contributed by atoms with E-state index in [9.17, 15) is 17.6 Å². The van der Waals surface area contributed by atoms with Gasteiger partial charge in [-0.25, -0.2) is 4.39 Å². The number of nitrogens with zero attached hydrogens (tertiary/aromatic N) is 3. The Hall–Kier alpha value is -2.74. The summed E-state index contributed by atoms with van der Waals surface area (Å²) >= 11 is 0. The number of benzene rings is 2. The van der Waals surface area contributed by atoms with Crippen molar-refractivity contribution in [1.29, 1.82) is 0 Å². The Labute approximate surface area is 158 Å². The molecule has 0 N–H and O–H groups in total. The van der Waals surface area contributed by atoms with Gasteiger partial charge in [-0.05, 0) is 42.7 Å². The summed E-state index contributed by atoms with van der Waals surface area (Å²) in [5, 5.41) is 3.89. The fourth-order valence-corrected chi connectivity index (χ4v) is 3.00. The Morgan fingerprint density at radius 3 is 2.25 bits per heavy atom. The van der Waals surface area contributed by atoms with Gasteiger partial charge in [0.05, 0.1) is 12.1 Å². The molecule has 1 heterocycles. The highest BCUT2D eigenvalue weighted by Crippen LogP contribution is 2.31. The van der Waals surface area contributed by atoms with Gasteiger partial charge in [0.2, 0.25) is 11.7 Å². The third-order valence-corrected chi connectivity index (χ3v) is 4.64. The molecule has 0 unspecified atom stereocenters. The van der Waals surface area contributed by atoms with Gasteiger partial charge in [-0.15, -0.1) is 0 Å². The molecule has 146 valence electrons. The Bertz CT molecular complexity index is 931. The van der Waals surface area contributed by atoms with Gasteiger partial charge in [-0.3, -0.25) is 4.90 Å². The van der Waals surface area contributed by atoms with Crippen LogP contribution < -0.4 is 0 Å². The zero-order valence-electron chi connectivity index (χ0n) is 14.8. The van der Waals surface area contributed by atoms with Crippen molar-refractivity contribution in [3.63, 3.8) is 0 Å². The molecule has 0 aliphatic heterocycles. The molecule has 4 rings (SSSR count). The van der Waals surface area contributed by atoms with Gasteiger partial charge >= 0.3 is 6.18 Å². The molecule has 1 fully saturated rings. The second-order valence-electron chi connectivity index (χ2n) is 6.85. The van der Waals surface area contributed by atoms with Crippen LogP contribution in [0.1, 0.15) is 29.9 Å². The lowest BCUT2D eigenvalue weighted by Crippen LogP contribution is -2.25. The summed E-state index contributed by atoms with van der Waals surface area (Å²) in [7, 11) is 0. The summed E-state index contributed by atoms with van der Waals surface area (Å²) in [5.41, 5.74) is 0.717. The van der Waals surface area contributed by atoms with E-state index < -0.39 is 11.7 Å². The fraction of sp³-hybridized carbons (Fsp3) is 0.300. The number of aromatic nitrogens is 2. The van der Waals surface area contributed by atoms with Gasteiger partial charge in [-0.2, -0.15) is 18.2 Å². The quantitative estimate of drug-likeness (QED) is 0.551. The highest BCUT2D eigenvalue weighted by Gasteiger charge is 2.31. The van der Waals surface area contributed by atoms with Crippen molar-refractivity contribution in [3.8, 4) is 11.4 Å². The molecular formula is C20H17F4N3O. The van der Waals surface area contributed by atoms with E-state index in [1.165, 1.54) is 24.3 Å². The first-order chi connectivity index (χ1) is 13.4. The minimum absolute atomic E-state index is 0.251. The first-order valence-electron chi connectivity index (χ1n) is 8.87. The molecule has 0 atom stereocenters. The molecule has 4 nitrogen and oxygen atoms in total. The lowest BCUT2D eigenvalue weighted by molar-refractivity contribution is -0.137. The molecule has 3 aromatic rings. The Balaban J connectivity index is 1.46. The number of hydrogen-bond donors (Lipinski definition) is 0. The summed E-state index contributed by atoms with van der Waals surface area (Å²) in [4.78, 5) is 6.50. The van der Waals surface area contributed by atoms with Gasteiger partial charge in [-0.1, -0.05) is 29.4 Å². The van der Waals surface area contributed by atoms with Crippen LogP contribution in [0.5, 0.6) is 0 Å². The highest BCUT2D eigenvalue weighted by atomic mass is 19.4. The molecule has 1 saturated carbocycles. The minimum atomic E-state index is -4.38. The average molecular weight is 391 g/mol. The van der Waals surface area contributed by atoms with Gasteiger partial charge in [0.15, 0.2) is 0 Å². The zero-order chi connectivity index (χ0) is 19.7. The predicted molar refractivity (Wildman–Crippen MR) is 93.4 cm³/mol. The van der Waals surface area contributed by atoms with Crippen LogP contribution in [-0.4, -0.2) is 21.1 Å². The molecular weight excluding hydrogens is 374 g/mol. The van der Waals surface area contributed by atoms with Gasteiger partial charge < -0.3 is 4.52 Å². The third kappa shape index (κ3) is 4.39. The molecule has 0 radical (unpaired) electrons. The van der Waals surface area contributed by atoms with Gasteiger partial charge in [0.1, 0.15) is 5.82 Å². The van der Waals surface area contributed by atoms with Crippen LogP contribution in [0, 0.1) is 5.82 Å². The molecule has 0 spiro atoms. The van der Waals surface area contributed by atoms with Crippen LogP contribution in [0.25, 0.3) is 11.4 Å². The van der Waals surface area contributed by atoms with Crippen molar-refractivity contribution in [1.82, 2.24) is 15.0 Å². The average Bonchev–Trinajstić information content (AvgIpc) is 3.41. The molecule has 0 saturated heterocycles. The summed E-state index contributed by atoms with van der Waals surface area (Å²) in [6.45, 7) is 1.05. The lowest BCUT2D eigenvalue weighted by Gasteiger charge is -2.19. The van der Waals surface area contributed by atoms with Crippen LogP contribution in [0.15, 0.2) is 53.1 Å². The largest absolute Gasteiger partial charge is 0.416 e. The molecule has 2 aromatic carbocycles. The van der Waals surface area contributed by atoms with Crippen molar-refractivity contribution in [2.75, 3.05) is 0 Å². The molecule has 0 amide bonds. The van der Waals surface area contributed by atoms with E-state index in [1.54, 1.807) is 12.1 Å². The van der Waals surface area contributed by atoms with E-state index in [0.717, 1.165) is 30.5 Å². The Kier molecular flexibility index (Phi) is 4.89. The van der Waals surface area contributed by atoms with Crippen molar-refractivity contribution < 1.29 is 22.1 Å². The van der Waals surface area contributed by atoms with E-state index in [4.69, 9.17) is 4.52 Å². The molecule has 0 bridgehead atoms. The first kappa shape index (κ1) is 18.6. The molecule has 8 heteroatoms. The smallest absolute Gasteiger partial charge is 0.338 e. The van der Waals surface area contributed by atoms with Crippen molar-refractivity contribution in [2.24, 2.45) is 0 Å². The van der Waals surface area contributed by atoms with Crippen LogP contribution >= 0.6 is 0 Å². The van der Waals surface area contributed by atoms with Crippen LogP contribution in [0.3, 0.4) is 0 Å². The monoisotopic (exact) mass is 391 g/mol. The maximum atomic E-state index is 13.1. The summed E-state index contributed by atoms with van der Waals surface area (Å²) < 4.78 is 56.4. The predicted octanol–water partition coefficient (Wildman–Crippen LogP) is 5.06. The summed E-state index contributed by atoms with van der Waals surface area (Å²) in [6.07, 6.45) is -2.24. The summed E-state index contributed by atoms with van der Waals surface area (Å²) in [6, 6.07) is 11.4. The molecule has 28 heavy (non-hydrogen) atoms. The van der Waals surface area contributed by atoms with Gasteiger partial charge in [0, 0.05) is 18.2 Å². The second kappa shape index (κ2) is 7.35. The van der Waals surface area contributed by atoms with Crippen molar-refractivity contribution in [2.45, 2.75) is 38.1 Å². The van der Waals surface area contributed by atoms with E-state index in [1.807, 2.05) is 0 Å². The topological polar surface area (TPSA) is 42.2 Å². The van der Waals surface area contributed by atoms with Crippen LogP contribution in [0.2, 0.25) is 0 Å². The number of rotatable bonds is 6. The van der Waals surface area contributed by atoms with Crippen molar-refractivity contribution in [3.05, 3.63) is 71.4 Å². The van der Waals surface area contributed by atoms with E-state index in [-0.39, 0.29) is 11.6 Å². The van der Waals surface area contributed by atoms with Gasteiger partial charge in [0.25, 0.3) is 0 Å². The maximum Gasteiger partial charge on any atom is 0.416 e. The van der Waals surface area contributed by atoms with Crippen LogP contribution in [0.4, 0.5) is 17.6 Å². The highest BCUT2D eigenvalue weighted by molar-refractivity contribution is 5.54. The molecule has 1 aromatic heterocycles. The SMILES string of the molecule is Fc1ccc(CN(Cc2nc(-c3ccc(C(F)(F)F)cc3)no2)C2CC2)cc1. The van der Waals surface area contributed by atoms with Crippen LogP contribution in [-0.2, 0) is 19.3 Å². The van der Waals surface area contributed by atoms with E-state index in [0.29, 0.717) is 30.6 Å². The minimum Gasteiger partial charge on any atom is -0.338 e. The lowest BCUT2D eigenvalue weighted by atomic mass is 10.1. The maximum absolute atomic E-state index is 13.1.